The Hall–Kier alpha value is -3.50. The van der Waals surface area contributed by atoms with Crippen molar-refractivity contribution in [2.45, 2.75) is 52.4 Å². The molecule has 4 rings (SSSR count). The van der Waals surface area contributed by atoms with Crippen molar-refractivity contribution in [3.05, 3.63) is 58.0 Å². The number of H-pyrrole nitrogens is 1. The minimum absolute atomic E-state index is 0.122. The number of imidazole rings is 1. The standard InChI is InChI=1S/C22H23F3N6O2/c1-11(20(2,3)4)31-15-8-12(6-7-14(15)28-19(31)33)16-29-18(32)21(5,30-16)13-9-26-17(27-10-13)22(23,24)25/h6-11H,1-5H3,(H,28,33)(H,29,30,32)/t11-,21+/m1/s1. The molecule has 3 aromatic rings. The number of aliphatic imine (C=N–C) groups is 1. The molecule has 1 amide bonds. The van der Waals surface area contributed by atoms with Crippen molar-refractivity contribution < 1.29 is 18.0 Å². The Bertz CT molecular complexity index is 1330. The highest BCUT2D eigenvalue weighted by Gasteiger charge is 2.43. The summed E-state index contributed by atoms with van der Waals surface area (Å²) in [6, 6.07) is 5.06. The summed E-state index contributed by atoms with van der Waals surface area (Å²) in [5.41, 5.74) is 0.0612. The minimum Gasteiger partial charge on any atom is -0.308 e. The largest absolute Gasteiger partial charge is 0.451 e. The molecule has 0 saturated carbocycles. The summed E-state index contributed by atoms with van der Waals surface area (Å²) in [6.07, 6.45) is -2.77. The van der Waals surface area contributed by atoms with E-state index in [2.05, 4.69) is 25.3 Å². The second-order valence-corrected chi connectivity index (χ2v) is 9.35. The van der Waals surface area contributed by atoms with Crippen LogP contribution in [0, 0.1) is 5.41 Å². The molecule has 2 N–H and O–H groups in total. The van der Waals surface area contributed by atoms with E-state index < -0.39 is 23.4 Å². The van der Waals surface area contributed by atoms with Crippen molar-refractivity contribution in [3.8, 4) is 0 Å². The summed E-state index contributed by atoms with van der Waals surface area (Å²) in [7, 11) is 0. The Morgan fingerprint density at radius 2 is 1.73 bits per heavy atom. The van der Waals surface area contributed by atoms with Gasteiger partial charge >= 0.3 is 11.9 Å². The Kier molecular flexibility index (Phi) is 4.99. The van der Waals surface area contributed by atoms with E-state index in [1.54, 1.807) is 22.8 Å². The van der Waals surface area contributed by atoms with Gasteiger partial charge in [-0.15, -0.1) is 0 Å². The van der Waals surface area contributed by atoms with Gasteiger partial charge in [0.15, 0.2) is 5.54 Å². The molecule has 0 aliphatic carbocycles. The van der Waals surface area contributed by atoms with Crippen LogP contribution in [0.2, 0.25) is 0 Å². The van der Waals surface area contributed by atoms with E-state index in [-0.39, 0.29) is 28.5 Å². The van der Waals surface area contributed by atoms with E-state index >= 15 is 0 Å². The third kappa shape index (κ3) is 3.81. The summed E-state index contributed by atoms with van der Waals surface area (Å²) in [5, 5.41) is 2.69. The van der Waals surface area contributed by atoms with Gasteiger partial charge in [-0.1, -0.05) is 20.8 Å². The third-order valence-corrected chi connectivity index (χ3v) is 6.11. The number of amidine groups is 1. The van der Waals surface area contributed by atoms with Crippen LogP contribution in [-0.2, 0) is 16.5 Å². The first-order valence-corrected chi connectivity index (χ1v) is 10.3. The Morgan fingerprint density at radius 3 is 2.30 bits per heavy atom. The highest BCUT2D eigenvalue weighted by atomic mass is 19.4. The van der Waals surface area contributed by atoms with E-state index in [0.717, 1.165) is 12.4 Å². The van der Waals surface area contributed by atoms with E-state index in [1.165, 1.54) is 6.92 Å². The second kappa shape index (κ2) is 7.26. The van der Waals surface area contributed by atoms with Gasteiger partial charge in [0.05, 0.1) is 11.0 Å². The molecule has 11 heteroatoms. The maximum atomic E-state index is 12.8. The maximum Gasteiger partial charge on any atom is 0.451 e. The molecule has 3 heterocycles. The molecule has 0 radical (unpaired) electrons. The number of carbonyl (C=O) groups is 1. The fourth-order valence-electron chi connectivity index (χ4n) is 3.63. The number of halogens is 3. The molecule has 33 heavy (non-hydrogen) atoms. The van der Waals surface area contributed by atoms with Gasteiger partial charge in [0.25, 0.3) is 5.91 Å². The molecule has 174 valence electrons. The average Bonchev–Trinajstić information content (AvgIpc) is 3.21. The van der Waals surface area contributed by atoms with Gasteiger partial charge in [0.2, 0.25) is 5.82 Å². The fourth-order valence-corrected chi connectivity index (χ4v) is 3.63. The zero-order valence-electron chi connectivity index (χ0n) is 18.7. The van der Waals surface area contributed by atoms with Crippen molar-refractivity contribution in [3.63, 3.8) is 0 Å². The Morgan fingerprint density at radius 1 is 1.09 bits per heavy atom. The van der Waals surface area contributed by atoms with Crippen LogP contribution in [0.25, 0.3) is 11.0 Å². The van der Waals surface area contributed by atoms with Crippen molar-refractivity contribution >= 4 is 22.8 Å². The van der Waals surface area contributed by atoms with Crippen LogP contribution in [0.5, 0.6) is 0 Å². The lowest BCUT2D eigenvalue weighted by Crippen LogP contribution is -2.35. The number of aromatic amines is 1. The number of nitrogens with zero attached hydrogens (tertiary/aromatic N) is 4. The Labute approximate surface area is 187 Å². The van der Waals surface area contributed by atoms with Gasteiger partial charge in [0, 0.05) is 29.6 Å². The second-order valence-electron chi connectivity index (χ2n) is 9.35. The number of amides is 1. The highest BCUT2D eigenvalue weighted by Crippen LogP contribution is 2.33. The molecule has 0 unspecified atom stereocenters. The third-order valence-electron chi connectivity index (χ3n) is 6.11. The lowest BCUT2D eigenvalue weighted by Gasteiger charge is -2.28. The fraction of sp³-hybridized carbons (Fsp3) is 0.409. The quantitative estimate of drug-likeness (QED) is 0.624. The van der Waals surface area contributed by atoms with Crippen LogP contribution < -0.4 is 11.0 Å². The summed E-state index contributed by atoms with van der Waals surface area (Å²) in [4.78, 5) is 39.4. The van der Waals surface area contributed by atoms with Crippen molar-refractivity contribution in [1.82, 2.24) is 24.8 Å². The number of alkyl halides is 3. The lowest BCUT2D eigenvalue weighted by molar-refractivity contribution is -0.145. The minimum atomic E-state index is -4.68. The first-order valence-electron chi connectivity index (χ1n) is 10.3. The van der Waals surface area contributed by atoms with Crippen molar-refractivity contribution in [2.75, 3.05) is 0 Å². The summed E-state index contributed by atoms with van der Waals surface area (Å²) >= 11 is 0. The van der Waals surface area contributed by atoms with Gasteiger partial charge in [-0.05, 0) is 37.5 Å². The van der Waals surface area contributed by atoms with Crippen LogP contribution in [-0.4, -0.2) is 31.3 Å². The zero-order chi connectivity index (χ0) is 24.3. The smallest absolute Gasteiger partial charge is 0.308 e. The van der Waals surface area contributed by atoms with Crippen LogP contribution in [0.15, 0.2) is 40.4 Å². The number of nitrogens with one attached hydrogen (secondary N) is 2. The molecular formula is C22H23F3N6O2. The summed E-state index contributed by atoms with van der Waals surface area (Å²) in [5.74, 6) is -1.57. The topological polar surface area (TPSA) is 105 Å². The molecule has 0 bridgehead atoms. The predicted octanol–water partition coefficient (Wildman–Crippen LogP) is 3.54. The maximum absolute atomic E-state index is 12.8. The molecule has 0 saturated heterocycles. The average molecular weight is 460 g/mol. The molecule has 8 nitrogen and oxygen atoms in total. The van der Waals surface area contributed by atoms with Gasteiger partial charge in [-0.2, -0.15) is 13.2 Å². The van der Waals surface area contributed by atoms with Crippen molar-refractivity contribution in [1.29, 1.82) is 0 Å². The highest BCUT2D eigenvalue weighted by molar-refractivity contribution is 6.16. The molecular weight excluding hydrogens is 437 g/mol. The van der Waals surface area contributed by atoms with Gasteiger partial charge in [0.1, 0.15) is 5.84 Å². The van der Waals surface area contributed by atoms with Crippen LogP contribution >= 0.6 is 0 Å². The number of fused-ring (bicyclic) bond motifs is 1. The molecule has 2 aromatic heterocycles. The SMILES string of the molecule is C[C@@H](n1c(=O)[nH]c2ccc(C3=N[C@@](C)(c4cnc(C(F)(F)F)nc4)C(=O)N3)cc21)C(C)(C)C. The lowest BCUT2D eigenvalue weighted by atomic mass is 9.88. The summed E-state index contributed by atoms with van der Waals surface area (Å²) < 4.78 is 40.0. The van der Waals surface area contributed by atoms with Gasteiger partial charge < -0.3 is 10.3 Å². The zero-order valence-corrected chi connectivity index (χ0v) is 18.7. The number of carbonyl (C=O) groups excluding carboxylic acids is 1. The van der Waals surface area contributed by atoms with Gasteiger partial charge in [-0.3, -0.25) is 9.36 Å². The van der Waals surface area contributed by atoms with E-state index in [0.29, 0.717) is 16.6 Å². The first kappa shape index (κ1) is 22.7. The van der Waals surface area contributed by atoms with E-state index in [4.69, 9.17) is 0 Å². The molecule has 1 aliphatic rings. The molecule has 0 fully saturated rings. The molecule has 1 aromatic carbocycles. The van der Waals surface area contributed by atoms with Crippen LogP contribution in [0.3, 0.4) is 0 Å². The number of rotatable bonds is 3. The number of hydrogen-bond acceptors (Lipinski definition) is 5. The van der Waals surface area contributed by atoms with Crippen molar-refractivity contribution in [2.24, 2.45) is 10.4 Å². The Balaban J connectivity index is 1.77. The number of aromatic nitrogens is 4. The molecule has 1 aliphatic heterocycles. The monoisotopic (exact) mass is 460 g/mol. The van der Waals surface area contributed by atoms with E-state index in [1.807, 2.05) is 27.7 Å². The van der Waals surface area contributed by atoms with Crippen LogP contribution in [0.4, 0.5) is 13.2 Å². The van der Waals surface area contributed by atoms with Gasteiger partial charge in [-0.25, -0.2) is 19.8 Å². The summed E-state index contributed by atoms with van der Waals surface area (Å²) in [6.45, 7) is 9.54. The molecule has 2 atom stereocenters. The predicted molar refractivity (Wildman–Crippen MR) is 116 cm³/mol. The first-order chi connectivity index (χ1) is 15.2. The normalized spacial score (nSPS) is 20.1. The number of hydrogen-bond donors (Lipinski definition) is 2. The number of benzene rings is 1. The van der Waals surface area contributed by atoms with Crippen LogP contribution in [0.1, 0.15) is 57.6 Å². The van der Waals surface area contributed by atoms with E-state index in [9.17, 15) is 22.8 Å². The molecule has 0 spiro atoms.